The summed E-state index contributed by atoms with van der Waals surface area (Å²) < 4.78 is 0. The number of carbonyl (C=O) groups is 1. The lowest BCUT2D eigenvalue weighted by Crippen LogP contribution is -2.25. The molecule has 0 saturated heterocycles. The van der Waals surface area contributed by atoms with Crippen LogP contribution in [0.2, 0.25) is 0 Å². The summed E-state index contributed by atoms with van der Waals surface area (Å²) >= 11 is 1.67. The Morgan fingerprint density at radius 1 is 1.69 bits per heavy atom. The second-order valence-corrected chi connectivity index (χ2v) is 5.76. The molecule has 1 fully saturated rings. The highest BCUT2D eigenvalue weighted by molar-refractivity contribution is 7.09. The van der Waals surface area contributed by atoms with Crippen molar-refractivity contribution in [2.24, 2.45) is 11.8 Å². The molecule has 0 spiro atoms. The molecule has 16 heavy (non-hydrogen) atoms. The van der Waals surface area contributed by atoms with Crippen LogP contribution in [0.5, 0.6) is 0 Å². The van der Waals surface area contributed by atoms with Gasteiger partial charge in [0.05, 0.1) is 17.2 Å². The highest BCUT2D eigenvalue weighted by Gasteiger charge is 2.38. The quantitative estimate of drug-likeness (QED) is 0.876. The fourth-order valence-corrected chi connectivity index (χ4v) is 2.50. The fourth-order valence-electron chi connectivity index (χ4n) is 1.67. The molecule has 1 saturated carbocycles. The summed E-state index contributed by atoms with van der Waals surface area (Å²) in [6.07, 6.45) is 1.04. The van der Waals surface area contributed by atoms with E-state index in [0.717, 1.165) is 17.1 Å². The Balaban J connectivity index is 1.82. The van der Waals surface area contributed by atoms with Crippen molar-refractivity contribution in [2.75, 3.05) is 0 Å². The largest absolute Gasteiger partial charge is 0.350 e. The third-order valence-corrected chi connectivity index (χ3v) is 4.15. The van der Waals surface area contributed by atoms with Gasteiger partial charge in [-0.3, -0.25) is 4.79 Å². The smallest absolute Gasteiger partial charge is 0.223 e. The molecule has 1 N–H and O–H groups in total. The van der Waals surface area contributed by atoms with E-state index in [0.29, 0.717) is 18.4 Å². The van der Waals surface area contributed by atoms with Crippen molar-refractivity contribution in [1.82, 2.24) is 10.3 Å². The standard InChI is InChI=1S/C12H18N2OS/c1-7(2)12-14-9(6-16-12)5-13-11(15)10-4-8(10)3/h6-8,10H,4-5H2,1-3H3,(H,13,15)/t8-,10-/m1/s1. The molecule has 0 aliphatic heterocycles. The SMILES string of the molecule is CC(C)c1nc(CNC(=O)[C@@H]2C[C@H]2C)cs1. The average molecular weight is 238 g/mol. The molecular formula is C12H18N2OS. The third-order valence-electron chi connectivity index (χ3n) is 2.95. The molecule has 1 aromatic heterocycles. The minimum atomic E-state index is 0.187. The number of thiazole rings is 1. The van der Waals surface area contributed by atoms with Crippen molar-refractivity contribution < 1.29 is 4.79 Å². The van der Waals surface area contributed by atoms with Crippen LogP contribution in [-0.4, -0.2) is 10.9 Å². The number of carbonyl (C=O) groups excluding carboxylic acids is 1. The van der Waals surface area contributed by atoms with Crippen molar-refractivity contribution >= 4 is 17.2 Å². The third kappa shape index (κ3) is 2.61. The Kier molecular flexibility index (Phi) is 3.28. The van der Waals surface area contributed by atoms with Crippen LogP contribution >= 0.6 is 11.3 Å². The molecule has 2 atom stereocenters. The predicted molar refractivity (Wildman–Crippen MR) is 65.3 cm³/mol. The van der Waals surface area contributed by atoms with E-state index in [9.17, 15) is 4.79 Å². The normalized spacial score (nSPS) is 23.5. The Labute approximate surface area is 100 Å². The molecule has 1 heterocycles. The van der Waals surface area contributed by atoms with Gasteiger partial charge in [-0.25, -0.2) is 4.98 Å². The van der Waals surface area contributed by atoms with E-state index in [2.05, 4.69) is 31.1 Å². The number of nitrogens with zero attached hydrogens (tertiary/aromatic N) is 1. The first kappa shape index (κ1) is 11.6. The van der Waals surface area contributed by atoms with E-state index < -0.39 is 0 Å². The molecule has 0 unspecified atom stereocenters. The lowest BCUT2D eigenvalue weighted by molar-refractivity contribution is -0.122. The summed E-state index contributed by atoms with van der Waals surface area (Å²) in [5, 5.41) is 6.13. The number of nitrogens with one attached hydrogen (secondary N) is 1. The molecule has 1 aliphatic carbocycles. The topological polar surface area (TPSA) is 42.0 Å². The first-order valence-electron chi connectivity index (χ1n) is 5.80. The monoisotopic (exact) mass is 238 g/mol. The second-order valence-electron chi connectivity index (χ2n) is 4.87. The van der Waals surface area contributed by atoms with Crippen molar-refractivity contribution in [2.45, 2.75) is 39.7 Å². The van der Waals surface area contributed by atoms with Gasteiger partial charge in [-0.1, -0.05) is 20.8 Å². The number of amides is 1. The predicted octanol–water partition coefficient (Wildman–Crippen LogP) is 2.54. The van der Waals surface area contributed by atoms with Gasteiger partial charge in [-0.05, 0) is 12.3 Å². The molecule has 1 aliphatic rings. The van der Waals surface area contributed by atoms with Crippen molar-refractivity contribution in [3.8, 4) is 0 Å². The first-order valence-corrected chi connectivity index (χ1v) is 6.68. The van der Waals surface area contributed by atoms with Gasteiger partial charge in [0.25, 0.3) is 0 Å². The molecule has 2 rings (SSSR count). The van der Waals surface area contributed by atoms with Crippen LogP contribution in [0.3, 0.4) is 0 Å². The van der Waals surface area contributed by atoms with Crippen LogP contribution in [0.1, 0.15) is 43.8 Å². The maximum atomic E-state index is 11.6. The first-order chi connectivity index (χ1) is 7.58. The summed E-state index contributed by atoms with van der Waals surface area (Å²) in [7, 11) is 0. The zero-order valence-electron chi connectivity index (χ0n) is 9.99. The minimum Gasteiger partial charge on any atom is -0.350 e. The number of hydrogen-bond acceptors (Lipinski definition) is 3. The van der Waals surface area contributed by atoms with Crippen molar-refractivity contribution in [3.63, 3.8) is 0 Å². The molecule has 0 radical (unpaired) electrons. The highest BCUT2D eigenvalue weighted by Crippen LogP contribution is 2.37. The number of aromatic nitrogens is 1. The molecule has 1 amide bonds. The van der Waals surface area contributed by atoms with Gasteiger partial charge in [0.2, 0.25) is 5.91 Å². The van der Waals surface area contributed by atoms with Crippen LogP contribution < -0.4 is 5.32 Å². The van der Waals surface area contributed by atoms with Crippen LogP contribution in [-0.2, 0) is 11.3 Å². The number of hydrogen-bond donors (Lipinski definition) is 1. The van der Waals surface area contributed by atoms with Gasteiger partial charge < -0.3 is 5.32 Å². The van der Waals surface area contributed by atoms with E-state index in [-0.39, 0.29) is 11.8 Å². The molecule has 88 valence electrons. The van der Waals surface area contributed by atoms with Gasteiger partial charge in [0, 0.05) is 17.2 Å². The van der Waals surface area contributed by atoms with E-state index >= 15 is 0 Å². The Morgan fingerprint density at radius 2 is 2.38 bits per heavy atom. The molecular weight excluding hydrogens is 220 g/mol. The van der Waals surface area contributed by atoms with Gasteiger partial charge in [0.15, 0.2) is 0 Å². The van der Waals surface area contributed by atoms with Crippen LogP contribution in [0, 0.1) is 11.8 Å². The molecule has 1 aromatic rings. The lowest BCUT2D eigenvalue weighted by atomic mass is 10.2. The van der Waals surface area contributed by atoms with E-state index in [1.54, 1.807) is 11.3 Å². The summed E-state index contributed by atoms with van der Waals surface area (Å²) in [5.74, 6) is 1.48. The maximum Gasteiger partial charge on any atom is 0.223 e. The Morgan fingerprint density at radius 3 is 2.88 bits per heavy atom. The van der Waals surface area contributed by atoms with E-state index in [1.807, 2.05) is 5.38 Å². The van der Waals surface area contributed by atoms with Gasteiger partial charge in [-0.2, -0.15) is 0 Å². The number of rotatable bonds is 4. The Bertz CT molecular complexity index is 386. The fraction of sp³-hybridized carbons (Fsp3) is 0.667. The molecule has 0 bridgehead atoms. The van der Waals surface area contributed by atoms with Gasteiger partial charge >= 0.3 is 0 Å². The average Bonchev–Trinajstić information content (AvgIpc) is 2.80. The lowest BCUT2D eigenvalue weighted by Gasteiger charge is -2.01. The molecule has 3 nitrogen and oxygen atoms in total. The van der Waals surface area contributed by atoms with Crippen LogP contribution in [0.15, 0.2) is 5.38 Å². The summed E-state index contributed by atoms with van der Waals surface area (Å²) in [4.78, 5) is 16.1. The van der Waals surface area contributed by atoms with Gasteiger partial charge in [0.1, 0.15) is 0 Å². The van der Waals surface area contributed by atoms with Gasteiger partial charge in [-0.15, -0.1) is 11.3 Å². The zero-order valence-corrected chi connectivity index (χ0v) is 10.8. The highest BCUT2D eigenvalue weighted by atomic mass is 32.1. The van der Waals surface area contributed by atoms with Crippen LogP contribution in [0.25, 0.3) is 0 Å². The van der Waals surface area contributed by atoms with E-state index in [1.165, 1.54) is 0 Å². The van der Waals surface area contributed by atoms with Crippen molar-refractivity contribution in [1.29, 1.82) is 0 Å². The van der Waals surface area contributed by atoms with Crippen LogP contribution in [0.4, 0.5) is 0 Å². The van der Waals surface area contributed by atoms with Crippen molar-refractivity contribution in [3.05, 3.63) is 16.1 Å². The summed E-state index contributed by atoms with van der Waals surface area (Å²) in [5.41, 5.74) is 0.982. The second kappa shape index (κ2) is 4.53. The molecule has 4 heteroatoms. The summed E-state index contributed by atoms with van der Waals surface area (Å²) in [6.45, 7) is 6.95. The molecule has 0 aromatic carbocycles. The summed E-state index contributed by atoms with van der Waals surface area (Å²) in [6, 6.07) is 0. The minimum absolute atomic E-state index is 0.187. The zero-order chi connectivity index (χ0) is 11.7. The van der Waals surface area contributed by atoms with E-state index in [4.69, 9.17) is 0 Å². The Hall–Kier alpha value is -0.900. The maximum absolute atomic E-state index is 11.6.